The van der Waals surface area contributed by atoms with Crippen molar-refractivity contribution in [3.63, 3.8) is 0 Å². The van der Waals surface area contributed by atoms with E-state index < -0.39 is 5.60 Å². The third kappa shape index (κ3) is 3.28. The number of nitrogens with zero attached hydrogens (tertiary/aromatic N) is 2. The van der Waals surface area contributed by atoms with Crippen molar-refractivity contribution in [1.82, 2.24) is 15.1 Å². The van der Waals surface area contributed by atoms with Gasteiger partial charge in [0.1, 0.15) is 5.60 Å². The van der Waals surface area contributed by atoms with E-state index in [4.69, 9.17) is 4.74 Å². The lowest BCUT2D eigenvalue weighted by Gasteiger charge is -2.30. The first kappa shape index (κ1) is 14.4. The first-order valence-corrected chi connectivity index (χ1v) is 6.58. The monoisotopic (exact) mass is 280 g/mol. The summed E-state index contributed by atoms with van der Waals surface area (Å²) in [6.07, 6.45) is 0.319. The number of aromatic nitrogens is 2. The standard InChI is InChI=1S/C13H20N4O3/c1-8(18)14-11-9-7-17(6-5-10(9)15-16-11)12(19)20-13(2,3)4/h5-7H2,1-4H3,(H2,14,15,16,18). The van der Waals surface area contributed by atoms with Crippen molar-refractivity contribution in [3.8, 4) is 0 Å². The van der Waals surface area contributed by atoms with Crippen LogP contribution in [0.1, 0.15) is 39.0 Å². The molecule has 0 aromatic carbocycles. The van der Waals surface area contributed by atoms with Crippen molar-refractivity contribution >= 4 is 17.8 Å². The molecule has 1 aliphatic rings. The summed E-state index contributed by atoms with van der Waals surface area (Å²) in [5, 5.41) is 9.63. The molecule has 0 bridgehead atoms. The number of rotatable bonds is 1. The Morgan fingerprint density at radius 2 is 2.10 bits per heavy atom. The maximum absolute atomic E-state index is 12.1. The van der Waals surface area contributed by atoms with Crippen molar-refractivity contribution in [2.45, 2.75) is 46.3 Å². The normalized spacial score (nSPS) is 14.7. The van der Waals surface area contributed by atoms with E-state index in [1.165, 1.54) is 6.92 Å². The molecule has 0 aliphatic carbocycles. The number of ether oxygens (including phenoxy) is 1. The molecule has 110 valence electrons. The van der Waals surface area contributed by atoms with E-state index in [0.717, 1.165) is 11.3 Å². The van der Waals surface area contributed by atoms with Gasteiger partial charge < -0.3 is 15.0 Å². The molecule has 1 aliphatic heterocycles. The van der Waals surface area contributed by atoms with Gasteiger partial charge in [-0.1, -0.05) is 0 Å². The van der Waals surface area contributed by atoms with E-state index in [1.54, 1.807) is 4.90 Å². The number of amides is 2. The Labute approximate surface area is 117 Å². The lowest BCUT2D eigenvalue weighted by Crippen LogP contribution is -2.39. The van der Waals surface area contributed by atoms with Crippen molar-refractivity contribution in [1.29, 1.82) is 0 Å². The van der Waals surface area contributed by atoms with Crippen LogP contribution in [0.2, 0.25) is 0 Å². The van der Waals surface area contributed by atoms with Crippen LogP contribution in [0.3, 0.4) is 0 Å². The number of fused-ring (bicyclic) bond motifs is 1. The van der Waals surface area contributed by atoms with Crippen LogP contribution in [0, 0.1) is 0 Å². The highest BCUT2D eigenvalue weighted by atomic mass is 16.6. The van der Waals surface area contributed by atoms with Crippen LogP contribution in [0.4, 0.5) is 10.6 Å². The molecule has 1 aromatic heterocycles. The van der Waals surface area contributed by atoms with E-state index in [2.05, 4.69) is 15.5 Å². The SMILES string of the molecule is CC(=O)Nc1n[nH]c2c1CN(C(=O)OC(C)(C)C)CC2. The third-order valence-corrected chi connectivity index (χ3v) is 2.88. The maximum Gasteiger partial charge on any atom is 0.410 e. The van der Waals surface area contributed by atoms with Crippen LogP contribution < -0.4 is 5.32 Å². The lowest BCUT2D eigenvalue weighted by molar-refractivity contribution is -0.114. The molecule has 7 nitrogen and oxygen atoms in total. The predicted molar refractivity (Wildman–Crippen MR) is 73.2 cm³/mol. The van der Waals surface area contributed by atoms with Crippen molar-refractivity contribution in [3.05, 3.63) is 11.3 Å². The summed E-state index contributed by atoms with van der Waals surface area (Å²) < 4.78 is 5.36. The number of carbonyl (C=O) groups is 2. The molecular weight excluding hydrogens is 260 g/mol. The Bertz CT molecular complexity index is 530. The van der Waals surface area contributed by atoms with Gasteiger partial charge in [0, 0.05) is 31.1 Å². The van der Waals surface area contributed by atoms with Gasteiger partial charge >= 0.3 is 6.09 Å². The molecule has 0 unspecified atom stereocenters. The molecule has 2 rings (SSSR count). The molecule has 2 amide bonds. The summed E-state index contributed by atoms with van der Waals surface area (Å²) in [5.41, 5.74) is 1.28. The van der Waals surface area contributed by atoms with Crippen LogP contribution in [0.25, 0.3) is 0 Å². The maximum atomic E-state index is 12.1. The zero-order chi connectivity index (χ0) is 14.9. The average molecular weight is 280 g/mol. The first-order chi connectivity index (χ1) is 9.26. The second-order valence-electron chi connectivity index (χ2n) is 5.86. The van der Waals surface area contributed by atoms with Crippen molar-refractivity contribution < 1.29 is 14.3 Å². The van der Waals surface area contributed by atoms with Gasteiger partial charge in [0.2, 0.25) is 5.91 Å². The van der Waals surface area contributed by atoms with Gasteiger partial charge in [-0.25, -0.2) is 4.79 Å². The number of nitrogens with one attached hydrogen (secondary N) is 2. The van der Waals surface area contributed by atoms with E-state index in [0.29, 0.717) is 25.3 Å². The van der Waals surface area contributed by atoms with E-state index in [-0.39, 0.29) is 12.0 Å². The Morgan fingerprint density at radius 3 is 2.70 bits per heavy atom. The Morgan fingerprint density at radius 1 is 1.40 bits per heavy atom. The number of anilines is 1. The largest absolute Gasteiger partial charge is 0.444 e. The van der Waals surface area contributed by atoms with Gasteiger partial charge in [0.05, 0.1) is 6.54 Å². The van der Waals surface area contributed by atoms with Gasteiger partial charge in [0.25, 0.3) is 0 Å². The van der Waals surface area contributed by atoms with Gasteiger partial charge in [-0.2, -0.15) is 5.10 Å². The smallest absolute Gasteiger partial charge is 0.410 e. The number of H-pyrrole nitrogens is 1. The molecule has 0 fully saturated rings. The molecule has 1 aromatic rings. The number of hydrogen-bond donors (Lipinski definition) is 2. The Kier molecular flexibility index (Phi) is 3.69. The zero-order valence-corrected chi connectivity index (χ0v) is 12.2. The molecule has 20 heavy (non-hydrogen) atoms. The molecule has 0 saturated carbocycles. The highest BCUT2D eigenvalue weighted by Gasteiger charge is 2.28. The molecule has 2 N–H and O–H groups in total. The predicted octanol–water partition coefficient (Wildman–Crippen LogP) is 1.66. The minimum Gasteiger partial charge on any atom is -0.444 e. The third-order valence-electron chi connectivity index (χ3n) is 2.88. The fourth-order valence-corrected chi connectivity index (χ4v) is 2.05. The van der Waals surface area contributed by atoms with Crippen LogP contribution in [-0.2, 0) is 22.5 Å². The van der Waals surface area contributed by atoms with Crippen molar-refractivity contribution in [2.75, 3.05) is 11.9 Å². The number of aromatic amines is 1. The van der Waals surface area contributed by atoms with E-state index in [9.17, 15) is 9.59 Å². The second-order valence-corrected chi connectivity index (χ2v) is 5.86. The summed E-state index contributed by atoms with van der Waals surface area (Å²) in [5.74, 6) is 0.300. The molecule has 7 heteroatoms. The number of hydrogen-bond acceptors (Lipinski definition) is 4. The summed E-state index contributed by atoms with van der Waals surface area (Å²) >= 11 is 0. The second kappa shape index (κ2) is 5.15. The minimum absolute atomic E-state index is 0.186. The van der Waals surface area contributed by atoms with Crippen molar-refractivity contribution in [2.24, 2.45) is 0 Å². The quantitative estimate of drug-likeness (QED) is 0.819. The first-order valence-electron chi connectivity index (χ1n) is 6.58. The van der Waals surface area contributed by atoms with E-state index >= 15 is 0 Å². The molecule has 0 radical (unpaired) electrons. The van der Waals surface area contributed by atoms with Gasteiger partial charge in [-0.05, 0) is 20.8 Å². The van der Waals surface area contributed by atoms with Gasteiger partial charge in [-0.15, -0.1) is 0 Å². The lowest BCUT2D eigenvalue weighted by atomic mass is 10.1. The topological polar surface area (TPSA) is 87.3 Å². The van der Waals surface area contributed by atoms with Crippen LogP contribution >= 0.6 is 0 Å². The van der Waals surface area contributed by atoms with Crippen LogP contribution in [0.15, 0.2) is 0 Å². The van der Waals surface area contributed by atoms with Gasteiger partial charge in [0.15, 0.2) is 5.82 Å². The summed E-state index contributed by atoms with van der Waals surface area (Å²) in [6.45, 7) is 7.89. The Hall–Kier alpha value is -2.05. The molecule has 2 heterocycles. The molecule has 0 atom stereocenters. The summed E-state index contributed by atoms with van der Waals surface area (Å²) in [7, 11) is 0. The molecule has 0 saturated heterocycles. The average Bonchev–Trinajstić information content (AvgIpc) is 2.69. The van der Waals surface area contributed by atoms with Gasteiger partial charge in [-0.3, -0.25) is 9.89 Å². The summed E-state index contributed by atoms with van der Waals surface area (Å²) in [6, 6.07) is 0. The highest BCUT2D eigenvalue weighted by Crippen LogP contribution is 2.25. The Balaban J connectivity index is 2.11. The van der Waals surface area contributed by atoms with Crippen LogP contribution in [-0.4, -0.2) is 39.2 Å². The fraction of sp³-hybridized carbons (Fsp3) is 0.615. The molecule has 0 spiro atoms. The number of carbonyl (C=O) groups excluding carboxylic acids is 2. The fourth-order valence-electron chi connectivity index (χ4n) is 2.05. The van der Waals surface area contributed by atoms with E-state index in [1.807, 2.05) is 20.8 Å². The molecular formula is C13H20N4O3. The highest BCUT2D eigenvalue weighted by molar-refractivity contribution is 5.88. The zero-order valence-electron chi connectivity index (χ0n) is 12.2. The van der Waals surface area contributed by atoms with Crippen LogP contribution in [0.5, 0.6) is 0 Å². The summed E-state index contributed by atoms with van der Waals surface area (Å²) in [4.78, 5) is 24.8. The minimum atomic E-state index is -0.520.